The van der Waals surface area contributed by atoms with E-state index in [9.17, 15) is 4.79 Å². The second kappa shape index (κ2) is 7.35. The first-order valence-electron chi connectivity index (χ1n) is 5.56. The van der Waals surface area contributed by atoms with Crippen LogP contribution in [0.2, 0.25) is 0 Å². The van der Waals surface area contributed by atoms with Crippen LogP contribution >= 0.6 is 15.9 Å². The standard InChI is InChI=1S/C12H17BrN2O3/c1-3-18-11-5-4-8(13)6-10(11)15-12(16)9(14)7-17-2/h4-6,9H,3,7,14H2,1-2H3,(H,15,16). The van der Waals surface area contributed by atoms with Gasteiger partial charge < -0.3 is 20.5 Å². The van der Waals surface area contributed by atoms with E-state index in [0.717, 1.165) is 4.47 Å². The summed E-state index contributed by atoms with van der Waals surface area (Å²) in [6.45, 7) is 2.57. The predicted molar refractivity (Wildman–Crippen MR) is 73.8 cm³/mol. The lowest BCUT2D eigenvalue weighted by molar-refractivity contribution is -0.118. The van der Waals surface area contributed by atoms with E-state index < -0.39 is 6.04 Å². The number of ether oxygens (including phenoxy) is 2. The van der Waals surface area contributed by atoms with E-state index in [2.05, 4.69) is 21.2 Å². The first-order chi connectivity index (χ1) is 8.58. The highest BCUT2D eigenvalue weighted by Gasteiger charge is 2.15. The third kappa shape index (κ3) is 4.29. The number of benzene rings is 1. The molecule has 0 aromatic heterocycles. The molecular weight excluding hydrogens is 300 g/mol. The van der Waals surface area contributed by atoms with Gasteiger partial charge in [-0.15, -0.1) is 0 Å². The zero-order valence-corrected chi connectivity index (χ0v) is 12.0. The van der Waals surface area contributed by atoms with Crippen molar-refractivity contribution >= 4 is 27.5 Å². The monoisotopic (exact) mass is 316 g/mol. The van der Waals surface area contributed by atoms with E-state index in [1.54, 1.807) is 12.1 Å². The molecule has 1 aromatic carbocycles. The number of anilines is 1. The summed E-state index contributed by atoms with van der Waals surface area (Å²) in [7, 11) is 1.50. The van der Waals surface area contributed by atoms with Crippen LogP contribution in [0.1, 0.15) is 6.92 Å². The van der Waals surface area contributed by atoms with Gasteiger partial charge in [0.15, 0.2) is 0 Å². The first kappa shape index (κ1) is 14.9. The molecule has 0 aliphatic rings. The van der Waals surface area contributed by atoms with E-state index in [4.69, 9.17) is 15.2 Å². The minimum absolute atomic E-state index is 0.170. The fourth-order valence-corrected chi connectivity index (χ4v) is 1.72. The zero-order valence-electron chi connectivity index (χ0n) is 10.4. The maximum absolute atomic E-state index is 11.8. The average molecular weight is 317 g/mol. The molecule has 100 valence electrons. The van der Waals surface area contributed by atoms with Crippen LogP contribution in [0.4, 0.5) is 5.69 Å². The number of halogens is 1. The summed E-state index contributed by atoms with van der Waals surface area (Å²) in [6, 6.07) is 4.69. The summed E-state index contributed by atoms with van der Waals surface area (Å²) in [5.41, 5.74) is 6.23. The maximum Gasteiger partial charge on any atom is 0.243 e. The lowest BCUT2D eigenvalue weighted by Gasteiger charge is -2.14. The summed E-state index contributed by atoms with van der Waals surface area (Å²) < 4.78 is 11.1. The Hall–Kier alpha value is -1.11. The summed E-state index contributed by atoms with van der Waals surface area (Å²) in [5.74, 6) is 0.301. The Kier molecular flexibility index (Phi) is 6.11. The highest BCUT2D eigenvalue weighted by Crippen LogP contribution is 2.28. The topological polar surface area (TPSA) is 73.6 Å². The van der Waals surface area contributed by atoms with Gasteiger partial charge in [0.05, 0.1) is 18.9 Å². The van der Waals surface area contributed by atoms with Crippen molar-refractivity contribution in [2.45, 2.75) is 13.0 Å². The zero-order chi connectivity index (χ0) is 13.5. The molecule has 0 aliphatic carbocycles. The smallest absolute Gasteiger partial charge is 0.243 e. The number of methoxy groups -OCH3 is 1. The number of hydrogen-bond donors (Lipinski definition) is 2. The molecule has 18 heavy (non-hydrogen) atoms. The Labute approximate surface area is 115 Å². The van der Waals surface area contributed by atoms with Gasteiger partial charge in [0.1, 0.15) is 11.8 Å². The molecule has 1 aromatic rings. The van der Waals surface area contributed by atoms with Gasteiger partial charge in [-0.3, -0.25) is 4.79 Å². The molecule has 1 rings (SSSR count). The third-order valence-corrected chi connectivity index (χ3v) is 2.68. The largest absolute Gasteiger partial charge is 0.492 e. The molecule has 5 nitrogen and oxygen atoms in total. The molecule has 0 saturated carbocycles. The Bertz CT molecular complexity index is 412. The van der Waals surface area contributed by atoms with Crippen LogP contribution in [0.3, 0.4) is 0 Å². The molecule has 1 atom stereocenters. The van der Waals surface area contributed by atoms with Crippen molar-refractivity contribution in [2.75, 3.05) is 25.6 Å². The summed E-state index contributed by atoms with van der Waals surface area (Å²) in [5, 5.41) is 2.72. The van der Waals surface area contributed by atoms with Crippen molar-refractivity contribution in [3.05, 3.63) is 22.7 Å². The highest BCUT2D eigenvalue weighted by atomic mass is 79.9. The number of carbonyl (C=O) groups is 1. The molecule has 0 aliphatic heterocycles. The van der Waals surface area contributed by atoms with Crippen LogP contribution in [0.15, 0.2) is 22.7 Å². The van der Waals surface area contributed by atoms with Gasteiger partial charge in [0.25, 0.3) is 0 Å². The fourth-order valence-electron chi connectivity index (χ4n) is 1.36. The molecule has 6 heteroatoms. The molecule has 3 N–H and O–H groups in total. The van der Waals surface area contributed by atoms with Gasteiger partial charge in [-0.2, -0.15) is 0 Å². The summed E-state index contributed by atoms with van der Waals surface area (Å²) >= 11 is 3.34. The van der Waals surface area contributed by atoms with Crippen molar-refractivity contribution < 1.29 is 14.3 Å². The Morgan fingerprint density at radius 3 is 2.89 bits per heavy atom. The molecule has 0 bridgehead atoms. The molecule has 0 radical (unpaired) electrons. The van der Waals surface area contributed by atoms with Crippen molar-refractivity contribution in [1.82, 2.24) is 0 Å². The minimum Gasteiger partial charge on any atom is -0.492 e. The van der Waals surface area contributed by atoms with Crippen molar-refractivity contribution in [1.29, 1.82) is 0 Å². The normalized spacial score (nSPS) is 12.0. The minimum atomic E-state index is -0.705. The molecule has 0 spiro atoms. The lowest BCUT2D eigenvalue weighted by atomic mass is 10.2. The van der Waals surface area contributed by atoms with Crippen molar-refractivity contribution in [3.8, 4) is 5.75 Å². The van der Waals surface area contributed by atoms with Crippen molar-refractivity contribution in [3.63, 3.8) is 0 Å². The van der Waals surface area contributed by atoms with Crippen molar-refractivity contribution in [2.24, 2.45) is 5.73 Å². The SMILES string of the molecule is CCOc1ccc(Br)cc1NC(=O)C(N)COC. The van der Waals surface area contributed by atoms with E-state index in [0.29, 0.717) is 18.0 Å². The highest BCUT2D eigenvalue weighted by molar-refractivity contribution is 9.10. The quantitative estimate of drug-likeness (QED) is 0.838. The molecule has 0 saturated heterocycles. The molecule has 1 amide bonds. The van der Waals surface area contributed by atoms with Crippen LogP contribution in [0.5, 0.6) is 5.75 Å². The third-order valence-electron chi connectivity index (χ3n) is 2.18. The molecular formula is C12H17BrN2O3. The van der Waals surface area contributed by atoms with E-state index >= 15 is 0 Å². The van der Waals surface area contributed by atoms with Gasteiger partial charge in [0, 0.05) is 11.6 Å². The Balaban J connectivity index is 2.81. The number of nitrogens with one attached hydrogen (secondary N) is 1. The van der Waals surface area contributed by atoms with Crippen LogP contribution < -0.4 is 15.8 Å². The van der Waals surface area contributed by atoms with E-state index in [-0.39, 0.29) is 12.5 Å². The Morgan fingerprint density at radius 1 is 1.56 bits per heavy atom. The average Bonchev–Trinajstić information content (AvgIpc) is 2.33. The molecule has 0 heterocycles. The van der Waals surface area contributed by atoms with Crippen LogP contribution in [0, 0.1) is 0 Å². The predicted octanol–water partition coefficient (Wildman–Crippen LogP) is 1.76. The second-order valence-corrected chi connectivity index (χ2v) is 4.54. The number of nitrogens with two attached hydrogens (primary N) is 1. The van der Waals surface area contributed by atoms with Crippen LogP contribution in [-0.4, -0.2) is 32.3 Å². The number of carbonyl (C=O) groups excluding carboxylic acids is 1. The molecule has 0 fully saturated rings. The van der Waals surface area contributed by atoms with Crippen LogP contribution in [0.25, 0.3) is 0 Å². The number of amides is 1. The van der Waals surface area contributed by atoms with Gasteiger partial charge >= 0.3 is 0 Å². The second-order valence-electron chi connectivity index (χ2n) is 3.62. The van der Waals surface area contributed by atoms with E-state index in [1.807, 2.05) is 13.0 Å². The number of rotatable bonds is 6. The van der Waals surface area contributed by atoms with Gasteiger partial charge in [-0.25, -0.2) is 0 Å². The van der Waals surface area contributed by atoms with Crippen LogP contribution in [-0.2, 0) is 9.53 Å². The Morgan fingerprint density at radius 2 is 2.28 bits per heavy atom. The molecule has 1 unspecified atom stereocenters. The van der Waals surface area contributed by atoms with Gasteiger partial charge in [0.2, 0.25) is 5.91 Å². The maximum atomic E-state index is 11.8. The van der Waals surface area contributed by atoms with Gasteiger partial charge in [-0.05, 0) is 25.1 Å². The van der Waals surface area contributed by atoms with E-state index in [1.165, 1.54) is 7.11 Å². The summed E-state index contributed by atoms with van der Waals surface area (Å²) in [4.78, 5) is 11.8. The van der Waals surface area contributed by atoms with Gasteiger partial charge in [-0.1, -0.05) is 15.9 Å². The fraction of sp³-hybridized carbons (Fsp3) is 0.417. The lowest BCUT2D eigenvalue weighted by Crippen LogP contribution is -2.39. The first-order valence-corrected chi connectivity index (χ1v) is 6.35. The number of hydrogen-bond acceptors (Lipinski definition) is 4. The summed E-state index contributed by atoms with van der Waals surface area (Å²) in [6.07, 6.45) is 0.